The molecule has 1 aliphatic heterocycles. The summed E-state index contributed by atoms with van der Waals surface area (Å²) in [5.74, 6) is 0.437. The van der Waals surface area contributed by atoms with Crippen LogP contribution in [0.25, 0.3) is 0 Å². The Kier molecular flexibility index (Phi) is 3.59. The summed E-state index contributed by atoms with van der Waals surface area (Å²) < 4.78 is 43.0. The molecule has 21 heavy (non-hydrogen) atoms. The molecule has 110 valence electrons. The van der Waals surface area contributed by atoms with Crippen molar-refractivity contribution in [3.05, 3.63) is 64.7 Å². The average molecular weight is 293 g/mol. The Bertz CT molecular complexity index is 635. The van der Waals surface area contributed by atoms with E-state index >= 15 is 0 Å². The van der Waals surface area contributed by atoms with Crippen LogP contribution in [0.5, 0.6) is 5.75 Å². The molecule has 0 saturated carbocycles. The SMILES string of the molecule is FC(F)(F)c1ccc(OCc2cccc3c2CNC3)cc1. The minimum atomic E-state index is -4.32. The lowest BCUT2D eigenvalue weighted by molar-refractivity contribution is -0.137. The molecule has 1 aliphatic rings. The number of fused-ring (bicyclic) bond motifs is 1. The van der Waals surface area contributed by atoms with Gasteiger partial charge in [-0.3, -0.25) is 0 Å². The van der Waals surface area contributed by atoms with Gasteiger partial charge in [-0.05, 0) is 41.0 Å². The summed E-state index contributed by atoms with van der Waals surface area (Å²) in [4.78, 5) is 0. The van der Waals surface area contributed by atoms with Crippen molar-refractivity contribution in [2.45, 2.75) is 25.9 Å². The van der Waals surface area contributed by atoms with Gasteiger partial charge < -0.3 is 10.1 Å². The van der Waals surface area contributed by atoms with Crippen LogP contribution >= 0.6 is 0 Å². The first-order valence-corrected chi connectivity index (χ1v) is 6.64. The van der Waals surface area contributed by atoms with Crippen LogP contribution in [0.15, 0.2) is 42.5 Å². The maximum atomic E-state index is 12.5. The Morgan fingerprint density at radius 2 is 1.76 bits per heavy atom. The largest absolute Gasteiger partial charge is 0.489 e. The maximum Gasteiger partial charge on any atom is 0.416 e. The molecule has 5 heteroatoms. The van der Waals surface area contributed by atoms with Crippen molar-refractivity contribution in [1.29, 1.82) is 0 Å². The van der Waals surface area contributed by atoms with Gasteiger partial charge in [-0.1, -0.05) is 18.2 Å². The van der Waals surface area contributed by atoms with Crippen molar-refractivity contribution in [2.75, 3.05) is 0 Å². The monoisotopic (exact) mass is 293 g/mol. The predicted octanol–water partition coefficient (Wildman–Crippen LogP) is 3.89. The fourth-order valence-electron chi connectivity index (χ4n) is 2.44. The van der Waals surface area contributed by atoms with E-state index in [9.17, 15) is 13.2 Å². The van der Waals surface area contributed by atoms with E-state index in [1.807, 2.05) is 12.1 Å². The van der Waals surface area contributed by atoms with Crippen LogP contribution in [-0.4, -0.2) is 0 Å². The van der Waals surface area contributed by atoms with Gasteiger partial charge in [0.25, 0.3) is 0 Å². The van der Waals surface area contributed by atoms with E-state index in [1.165, 1.54) is 23.3 Å². The van der Waals surface area contributed by atoms with Crippen LogP contribution in [0.1, 0.15) is 22.3 Å². The molecule has 1 heterocycles. The lowest BCUT2D eigenvalue weighted by Crippen LogP contribution is -2.05. The van der Waals surface area contributed by atoms with Crippen molar-refractivity contribution < 1.29 is 17.9 Å². The first kappa shape index (κ1) is 13.9. The highest BCUT2D eigenvalue weighted by Crippen LogP contribution is 2.30. The molecule has 2 nitrogen and oxygen atoms in total. The van der Waals surface area contributed by atoms with Gasteiger partial charge in [-0.25, -0.2) is 0 Å². The summed E-state index contributed by atoms with van der Waals surface area (Å²) >= 11 is 0. The number of ether oxygens (including phenoxy) is 1. The first-order chi connectivity index (χ1) is 10.0. The number of nitrogens with one attached hydrogen (secondary N) is 1. The van der Waals surface area contributed by atoms with Gasteiger partial charge in [0.15, 0.2) is 0 Å². The highest BCUT2D eigenvalue weighted by molar-refractivity contribution is 5.38. The third-order valence-electron chi connectivity index (χ3n) is 3.56. The smallest absolute Gasteiger partial charge is 0.416 e. The Labute approximate surface area is 120 Å². The molecule has 0 unspecified atom stereocenters. The molecule has 0 saturated heterocycles. The van der Waals surface area contributed by atoms with E-state index in [2.05, 4.69) is 11.4 Å². The molecule has 0 aliphatic carbocycles. The minimum Gasteiger partial charge on any atom is -0.489 e. The molecule has 0 bridgehead atoms. The zero-order valence-electron chi connectivity index (χ0n) is 11.2. The summed E-state index contributed by atoms with van der Waals surface area (Å²) in [5, 5.41) is 3.27. The van der Waals surface area contributed by atoms with E-state index in [0.29, 0.717) is 12.4 Å². The predicted molar refractivity (Wildman–Crippen MR) is 72.8 cm³/mol. The molecule has 0 aromatic heterocycles. The van der Waals surface area contributed by atoms with Gasteiger partial charge in [0.2, 0.25) is 0 Å². The molecule has 0 radical (unpaired) electrons. The molecule has 0 fully saturated rings. The van der Waals surface area contributed by atoms with Crippen LogP contribution in [0, 0.1) is 0 Å². The number of alkyl halides is 3. The van der Waals surface area contributed by atoms with Crippen molar-refractivity contribution in [2.24, 2.45) is 0 Å². The van der Waals surface area contributed by atoms with Crippen molar-refractivity contribution in [1.82, 2.24) is 5.32 Å². The van der Waals surface area contributed by atoms with Crippen molar-refractivity contribution in [3.63, 3.8) is 0 Å². The molecular weight excluding hydrogens is 279 g/mol. The molecular formula is C16H14F3NO. The fraction of sp³-hybridized carbons (Fsp3) is 0.250. The zero-order chi connectivity index (χ0) is 14.9. The number of hydrogen-bond donors (Lipinski definition) is 1. The normalized spacial score (nSPS) is 14.0. The van der Waals surface area contributed by atoms with Crippen molar-refractivity contribution >= 4 is 0 Å². The number of rotatable bonds is 3. The van der Waals surface area contributed by atoms with Crippen LogP contribution in [0.3, 0.4) is 0 Å². The summed E-state index contributed by atoms with van der Waals surface area (Å²) in [6, 6.07) is 10.8. The molecule has 0 spiro atoms. The lowest BCUT2D eigenvalue weighted by Gasteiger charge is -2.11. The summed E-state index contributed by atoms with van der Waals surface area (Å²) in [6.45, 7) is 2.02. The molecule has 2 aromatic carbocycles. The number of halogens is 3. The average Bonchev–Trinajstić information content (AvgIpc) is 2.93. The summed E-state index contributed by atoms with van der Waals surface area (Å²) in [5.41, 5.74) is 2.88. The molecule has 2 aromatic rings. The Balaban J connectivity index is 1.70. The van der Waals surface area contributed by atoms with Gasteiger partial charge in [0, 0.05) is 13.1 Å². The molecule has 1 N–H and O–H groups in total. The Morgan fingerprint density at radius 1 is 1.00 bits per heavy atom. The van der Waals surface area contributed by atoms with Crippen LogP contribution in [0.2, 0.25) is 0 Å². The fourth-order valence-corrected chi connectivity index (χ4v) is 2.44. The van der Waals surface area contributed by atoms with Crippen molar-refractivity contribution in [3.8, 4) is 5.75 Å². The second-order valence-electron chi connectivity index (χ2n) is 4.97. The quantitative estimate of drug-likeness (QED) is 0.927. The number of benzene rings is 2. The minimum absolute atomic E-state index is 0.357. The summed E-state index contributed by atoms with van der Waals surface area (Å²) in [6.07, 6.45) is -4.32. The topological polar surface area (TPSA) is 21.3 Å². The van der Waals surface area contributed by atoms with E-state index in [4.69, 9.17) is 4.74 Å². The van der Waals surface area contributed by atoms with E-state index < -0.39 is 11.7 Å². The maximum absolute atomic E-state index is 12.5. The van der Waals surface area contributed by atoms with Gasteiger partial charge in [0.05, 0.1) is 5.56 Å². The zero-order valence-corrected chi connectivity index (χ0v) is 11.2. The third kappa shape index (κ3) is 3.03. The van der Waals surface area contributed by atoms with Gasteiger partial charge >= 0.3 is 6.18 Å². The van der Waals surface area contributed by atoms with E-state index in [-0.39, 0.29) is 0 Å². The Morgan fingerprint density at radius 3 is 2.48 bits per heavy atom. The van der Waals surface area contributed by atoms with Crippen LogP contribution in [-0.2, 0) is 25.9 Å². The highest BCUT2D eigenvalue weighted by atomic mass is 19.4. The van der Waals surface area contributed by atoms with E-state index in [0.717, 1.165) is 30.8 Å². The molecule has 3 rings (SSSR count). The van der Waals surface area contributed by atoms with E-state index in [1.54, 1.807) is 0 Å². The lowest BCUT2D eigenvalue weighted by atomic mass is 10.0. The standard InChI is InChI=1S/C16H14F3NO/c17-16(18,19)13-4-6-14(7-5-13)21-10-12-3-1-2-11-8-20-9-15(11)12/h1-7,20H,8-10H2. The Hall–Kier alpha value is -2.01. The second kappa shape index (κ2) is 5.41. The van der Waals surface area contributed by atoms with Crippen LogP contribution in [0.4, 0.5) is 13.2 Å². The first-order valence-electron chi connectivity index (χ1n) is 6.64. The van der Waals surface area contributed by atoms with Gasteiger partial charge in [-0.2, -0.15) is 13.2 Å². The van der Waals surface area contributed by atoms with Crippen LogP contribution < -0.4 is 10.1 Å². The summed E-state index contributed by atoms with van der Waals surface area (Å²) in [7, 11) is 0. The highest BCUT2D eigenvalue weighted by Gasteiger charge is 2.30. The van der Waals surface area contributed by atoms with Gasteiger partial charge in [-0.15, -0.1) is 0 Å². The van der Waals surface area contributed by atoms with Gasteiger partial charge in [0.1, 0.15) is 12.4 Å². The number of hydrogen-bond acceptors (Lipinski definition) is 2. The molecule has 0 amide bonds. The second-order valence-corrected chi connectivity index (χ2v) is 4.97. The molecule has 0 atom stereocenters. The third-order valence-corrected chi connectivity index (χ3v) is 3.56.